The van der Waals surface area contributed by atoms with Gasteiger partial charge in [0, 0.05) is 11.5 Å². The van der Waals surface area contributed by atoms with E-state index in [-0.39, 0.29) is 11.7 Å². The van der Waals surface area contributed by atoms with E-state index in [9.17, 15) is 4.79 Å². The van der Waals surface area contributed by atoms with Gasteiger partial charge >= 0.3 is 0 Å². The maximum absolute atomic E-state index is 11.5. The highest BCUT2D eigenvalue weighted by Gasteiger charge is 2.29. The lowest BCUT2D eigenvalue weighted by molar-refractivity contribution is 0.0966. The highest BCUT2D eigenvalue weighted by molar-refractivity contribution is 6.13. The van der Waals surface area contributed by atoms with Crippen LogP contribution >= 0.6 is 0 Å². The molecule has 0 aromatic heterocycles. The van der Waals surface area contributed by atoms with E-state index in [1.54, 1.807) is 0 Å². The molecule has 0 heterocycles. The number of fused-ring (bicyclic) bond motifs is 1. The van der Waals surface area contributed by atoms with Crippen molar-refractivity contribution in [3.63, 3.8) is 0 Å². The Morgan fingerprint density at radius 1 is 1.14 bits per heavy atom. The molecule has 0 spiro atoms. The van der Waals surface area contributed by atoms with Crippen LogP contribution in [0.2, 0.25) is 0 Å². The Balaban J connectivity index is 0.000000461. The fourth-order valence-corrected chi connectivity index (χ4v) is 1.60. The number of carbonyl (C=O) groups is 1. The van der Waals surface area contributed by atoms with Crippen molar-refractivity contribution in [2.24, 2.45) is 5.92 Å². The molecule has 0 aliphatic heterocycles. The number of Topliss-reactive ketones (excluding diaryl/α,β-unsaturated/α-hetero) is 1. The van der Waals surface area contributed by atoms with Crippen LogP contribution in [0.25, 0.3) is 5.57 Å². The summed E-state index contributed by atoms with van der Waals surface area (Å²) in [7, 11) is 0. The largest absolute Gasteiger partial charge is 0.293 e. The zero-order valence-electron chi connectivity index (χ0n) is 9.00. The van der Waals surface area contributed by atoms with Crippen LogP contribution in [0.5, 0.6) is 0 Å². The second kappa shape index (κ2) is 4.23. The molecule has 1 aliphatic rings. The number of rotatable bonds is 0. The van der Waals surface area contributed by atoms with E-state index in [1.807, 2.05) is 45.0 Å². The van der Waals surface area contributed by atoms with Gasteiger partial charge in [0.05, 0.1) is 0 Å². The molecule has 1 aromatic rings. The maximum atomic E-state index is 11.5. The third-order valence-electron chi connectivity index (χ3n) is 2.45. The van der Waals surface area contributed by atoms with E-state index in [1.165, 1.54) is 0 Å². The van der Waals surface area contributed by atoms with Crippen molar-refractivity contribution in [1.82, 2.24) is 0 Å². The van der Waals surface area contributed by atoms with Crippen LogP contribution in [0.4, 0.5) is 0 Å². The normalized spacial score (nSPS) is 18.6. The zero-order chi connectivity index (χ0) is 10.7. The molecular formula is C13H16O. The van der Waals surface area contributed by atoms with Gasteiger partial charge in [0.2, 0.25) is 0 Å². The molecule has 0 fully saturated rings. The summed E-state index contributed by atoms with van der Waals surface area (Å²) < 4.78 is 0. The van der Waals surface area contributed by atoms with Crippen molar-refractivity contribution >= 4 is 11.4 Å². The predicted molar refractivity (Wildman–Crippen MR) is 60.3 cm³/mol. The molecule has 0 N–H and O–H groups in total. The van der Waals surface area contributed by atoms with Gasteiger partial charge in [-0.3, -0.25) is 4.79 Å². The molecular weight excluding hydrogens is 172 g/mol. The van der Waals surface area contributed by atoms with Gasteiger partial charge in [-0.15, -0.1) is 0 Å². The van der Waals surface area contributed by atoms with E-state index in [0.717, 1.165) is 16.7 Å². The van der Waals surface area contributed by atoms with Crippen molar-refractivity contribution in [3.8, 4) is 0 Å². The number of ketones is 1. The first-order valence-electron chi connectivity index (χ1n) is 5.04. The highest BCUT2D eigenvalue weighted by Crippen LogP contribution is 2.34. The van der Waals surface area contributed by atoms with Gasteiger partial charge in [-0.1, -0.05) is 51.6 Å². The van der Waals surface area contributed by atoms with Gasteiger partial charge in [-0.25, -0.2) is 0 Å². The number of hydrogen-bond acceptors (Lipinski definition) is 1. The van der Waals surface area contributed by atoms with Gasteiger partial charge in [-0.05, 0) is 11.1 Å². The minimum absolute atomic E-state index is 0.0256. The summed E-state index contributed by atoms with van der Waals surface area (Å²) in [6.45, 7) is 9.81. The van der Waals surface area contributed by atoms with Crippen LogP contribution in [0.15, 0.2) is 30.8 Å². The summed E-state index contributed by atoms with van der Waals surface area (Å²) in [4.78, 5) is 11.5. The van der Waals surface area contributed by atoms with Gasteiger partial charge in [0.25, 0.3) is 0 Å². The number of benzene rings is 1. The summed E-state index contributed by atoms with van der Waals surface area (Å²) in [6, 6.07) is 7.66. The monoisotopic (exact) mass is 188 g/mol. The van der Waals surface area contributed by atoms with Crippen molar-refractivity contribution in [1.29, 1.82) is 0 Å². The average molecular weight is 188 g/mol. The predicted octanol–water partition coefficient (Wildman–Crippen LogP) is 3.56. The molecule has 0 radical (unpaired) electrons. The topological polar surface area (TPSA) is 17.1 Å². The van der Waals surface area contributed by atoms with Crippen molar-refractivity contribution in [3.05, 3.63) is 42.0 Å². The van der Waals surface area contributed by atoms with Gasteiger partial charge in [-0.2, -0.15) is 0 Å². The van der Waals surface area contributed by atoms with Crippen molar-refractivity contribution in [2.45, 2.75) is 20.8 Å². The maximum Gasteiger partial charge on any atom is 0.170 e. The summed E-state index contributed by atoms with van der Waals surface area (Å²) >= 11 is 0. The van der Waals surface area contributed by atoms with Crippen LogP contribution in [-0.2, 0) is 0 Å². The number of allylic oxidation sites excluding steroid dienone is 1. The van der Waals surface area contributed by atoms with E-state index >= 15 is 0 Å². The third-order valence-corrected chi connectivity index (χ3v) is 2.45. The molecule has 0 amide bonds. The van der Waals surface area contributed by atoms with E-state index < -0.39 is 0 Å². The second-order valence-corrected chi connectivity index (χ2v) is 3.16. The van der Waals surface area contributed by atoms with Gasteiger partial charge < -0.3 is 0 Å². The third kappa shape index (κ3) is 1.50. The minimum atomic E-state index is -0.0256. The molecule has 2 rings (SSSR count). The van der Waals surface area contributed by atoms with Gasteiger partial charge in [0.15, 0.2) is 5.78 Å². The Morgan fingerprint density at radius 3 is 2.14 bits per heavy atom. The Kier molecular flexibility index (Phi) is 3.23. The standard InChI is InChI=1S/C11H10O.C2H6/c1-7-8(2)11(12)10-6-4-3-5-9(7)10;1-2/h3-6,8H,1H2,2H3;1-2H3. The lowest BCUT2D eigenvalue weighted by atomic mass is 10.0. The fourth-order valence-electron chi connectivity index (χ4n) is 1.60. The molecule has 1 unspecified atom stereocenters. The fraction of sp³-hybridized carbons (Fsp3) is 0.308. The van der Waals surface area contributed by atoms with Crippen LogP contribution in [0.3, 0.4) is 0 Å². The molecule has 1 heteroatoms. The quantitative estimate of drug-likeness (QED) is 0.608. The smallest absolute Gasteiger partial charge is 0.170 e. The SMILES string of the molecule is C=C1c2ccccc2C(=O)C1C.CC. The lowest BCUT2D eigenvalue weighted by Gasteiger charge is -1.98. The first-order valence-corrected chi connectivity index (χ1v) is 5.04. The van der Waals surface area contributed by atoms with Crippen LogP contribution in [-0.4, -0.2) is 5.78 Å². The van der Waals surface area contributed by atoms with Crippen LogP contribution in [0.1, 0.15) is 36.7 Å². The summed E-state index contributed by atoms with van der Waals surface area (Å²) in [6.07, 6.45) is 0. The van der Waals surface area contributed by atoms with Gasteiger partial charge in [0.1, 0.15) is 0 Å². The first-order chi connectivity index (χ1) is 6.72. The molecule has 0 saturated heterocycles. The molecule has 1 aromatic carbocycles. The van der Waals surface area contributed by atoms with Crippen LogP contribution in [0, 0.1) is 5.92 Å². The summed E-state index contributed by atoms with van der Waals surface area (Å²) in [5, 5.41) is 0. The first kappa shape index (κ1) is 10.7. The molecule has 0 bridgehead atoms. The molecule has 1 atom stereocenters. The number of hydrogen-bond donors (Lipinski definition) is 0. The molecule has 74 valence electrons. The van der Waals surface area contributed by atoms with E-state index in [4.69, 9.17) is 0 Å². The Hall–Kier alpha value is -1.37. The van der Waals surface area contributed by atoms with Crippen LogP contribution < -0.4 is 0 Å². The van der Waals surface area contributed by atoms with E-state index in [0.29, 0.717) is 0 Å². The lowest BCUT2D eigenvalue weighted by Crippen LogP contribution is -2.01. The highest BCUT2D eigenvalue weighted by atomic mass is 16.1. The minimum Gasteiger partial charge on any atom is -0.293 e. The van der Waals surface area contributed by atoms with Crippen molar-refractivity contribution < 1.29 is 4.79 Å². The molecule has 0 saturated carbocycles. The van der Waals surface area contributed by atoms with E-state index in [2.05, 4.69) is 6.58 Å². The second-order valence-electron chi connectivity index (χ2n) is 3.16. The summed E-state index contributed by atoms with van der Waals surface area (Å²) in [5.41, 5.74) is 2.81. The Bertz CT molecular complexity index is 328. The molecule has 14 heavy (non-hydrogen) atoms. The number of carbonyl (C=O) groups excluding carboxylic acids is 1. The molecule has 1 nitrogen and oxygen atoms in total. The Labute approximate surface area is 85.5 Å². The van der Waals surface area contributed by atoms with Crippen molar-refractivity contribution in [2.75, 3.05) is 0 Å². The zero-order valence-corrected chi connectivity index (χ0v) is 9.00. The summed E-state index contributed by atoms with van der Waals surface area (Å²) in [5.74, 6) is 0.179. The Morgan fingerprint density at radius 2 is 1.64 bits per heavy atom. The molecule has 1 aliphatic carbocycles. The average Bonchev–Trinajstić information content (AvgIpc) is 2.48.